The summed E-state index contributed by atoms with van der Waals surface area (Å²) in [5.74, 6) is -4.11. The van der Waals surface area contributed by atoms with E-state index in [-0.39, 0.29) is 54.6 Å². The van der Waals surface area contributed by atoms with Gasteiger partial charge in [-0.2, -0.15) is 0 Å². The van der Waals surface area contributed by atoms with E-state index in [1.54, 1.807) is 79.9 Å². The van der Waals surface area contributed by atoms with E-state index in [1.807, 2.05) is 70.3 Å². The number of likely N-dealkylation sites (tertiary alicyclic amines) is 1. The number of ether oxygens (including phenoxy) is 2. The minimum absolute atomic E-state index is 0.0740. The molecule has 2 heterocycles. The van der Waals surface area contributed by atoms with Gasteiger partial charge in [-0.3, -0.25) is 28.8 Å². The highest BCUT2D eigenvalue weighted by molar-refractivity contribution is 8.00. The zero-order chi connectivity index (χ0) is 53.4. The van der Waals surface area contributed by atoms with Crippen LogP contribution in [0.15, 0.2) is 52.9 Å². The number of benzene rings is 2. The van der Waals surface area contributed by atoms with Crippen LogP contribution >= 0.6 is 23.1 Å². The maximum atomic E-state index is 14.6. The van der Waals surface area contributed by atoms with Crippen molar-refractivity contribution in [2.45, 2.75) is 165 Å². The second kappa shape index (κ2) is 28.0. The Kier molecular flexibility index (Phi) is 23.2. The van der Waals surface area contributed by atoms with Gasteiger partial charge in [0.25, 0.3) is 0 Å². The van der Waals surface area contributed by atoms with Gasteiger partial charge >= 0.3 is 5.97 Å². The minimum Gasteiger partial charge on any atom is -0.480 e. The number of thiazole rings is 1. The molecule has 398 valence electrons. The monoisotopic (exact) mass is 1040 g/mol. The van der Waals surface area contributed by atoms with Gasteiger partial charge in [0.05, 0.1) is 46.8 Å². The fraction of sp³-hybridized carbons (Fsp3) is 0.630. The predicted molar refractivity (Wildman–Crippen MR) is 283 cm³/mol. The molecule has 8 atom stereocenters. The van der Waals surface area contributed by atoms with E-state index in [2.05, 4.69) is 15.6 Å². The number of fused-ring (bicyclic) bond motifs is 1. The van der Waals surface area contributed by atoms with Crippen LogP contribution in [0.2, 0.25) is 0 Å². The summed E-state index contributed by atoms with van der Waals surface area (Å²) in [4.78, 5) is 105. The van der Waals surface area contributed by atoms with Gasteiger partial charge in [0.2, 0.25) is 29.5 Å². The van der Waals surface area contributed by atoms with Crippen molar-refractivity contribution < 1.29 is 48.1 Å². The molecule has 1 fully saturated rings. The van der Waals surface area contributed by atoms with Gasteiger partial charge < -0.3 is 39.9 Å². The Labute approximate surface area is 435 Å². The zero-order valence-electron chi connectivity index (χ0n) is 44.5. The average molecular weight is 1040 g/mol. The number of methoxy groups -OCH3 is 2. The first-order valence-electron chi connectivity index (χ1n) is 25.4. The molecule has 0 radical (unpaired) electrons. The second-order valence-electron chi connectivity index (χ2n) is 20.1. The standard InChI is InChI=1S/C54H80N6O10S2/c1-13-34(4)47(42(69-10)32-45(63)60-29-21-24-40(60)48(70-11)35(5)49(64)55-39(51(66)67)30-36-22-17-16-18-23-36)58(8)50(65)46(33(2)3)57-52(68)54(6,7)59(9)44(62)26-20-15-14-19-25-41(61)37-27-28-38-43(31-37)72-53(56-38)71-12/h16-18,22-23,27-28,31,33-35,39-40,42,46-48H,13-15,19-21,24-26,29-30,32H2,1-12H3,(H,55,64)(H,57,68)(H,66,67)/t34-,35+,39-,40-,42+,46-,47-,48+/m0/s1. The topological polar surface area (TPSA) is 205 Å². The molecule has 3 N–H and O–H groups in total. The van der Waals surface area contributed by atoms with Gasteiger partial charge in [-0.1, -0.05) is 96.0 Å². The number of rotatable bonds is 29. The molecule has 5 amide bonds. The highest BCUT2D eigenvalue weighted by Crippen LogP contribution is 2.31. The lowest BCUT2D eigenvalue weighted by molar-refractivity contribution is -0.150. The zero-order valence-corrected chi connectivity index (χ0v) is 46.2. The quantitative estimate of drug-likeness (QED) is 0.0349. The number of nitrogens with zero attached hydrogens (tertiary/aromatic N) is 4. The third kappa shape index (κ3) is 15.6. The Hall–Kier alpha value is -4.91. The lowest BCUT2D eigenvalue weighted by atomic mass is 9.89. The molecule has 1 saturated heterocycles. The van der Waals surface area contributed by atoms with Crippen LogP contribution in [0.1, 0.15) is 129 Å². The molecule has 0 unspecified atom stereocenters. The Balaban J connectivity index is 1.35. The number of Topliss-reactive ketones (excluding diaryl/α,β-unsaturated/α-hetero) is 1. The third-order valence-electron chi connectivity index (χ3n) is 14.6. The van der Waals surface area contributed by atoms with Gasteiger partial charge in [-0.05, 0) is 81.4 Å². The molecule has 2 aromatic carbocycles. The van der Waals surface area contributed by atoms with E-state index < -0.39 is 65.6 Å². The van der Waals surface area contributed by atoms with Crippen LogP contribution in [0, 0.1) is 17.8 Å². The first-order valence-corrected chi connectivity index (χ1v) is 27.4. The normalized spacial score (nSPS) is 16.8. The van der Waals surface area contributed by atoms with Crippen LogP contribution in [0.4, 0.5) is 0 Å². The summed E-state index contributed by atoms with van der Waals surface area (Å²) in [6.07, 6.45) is 5.93. The van der Waals surface area contributed by atoms with Gasteiger partial charge in [-0.25, -0.2) is 9.78 Å². The maximum absolute atomic E-state index is 14.6. The third-order valence-corrected chi connectivity index (χ3v) is 16.6. The summed E-state index contributed by atoms with van der Waals surface area (Å²) in [5.41, 5.74) is 1.04. The lowest BCUT2D eigenvalue weighted by Crippen LogP contribution is -2.62. The molecule has 1 aromatic heterocycles. The number of hydrogen-bond acceptors (Lipinski definition) is 12. The number of thioether (sulfide) groups is 1. The van der Waals surface area contributed by atoms with E-state index in [9.17, 15) is 38.7 Å². The first kappa shape index (κ1) is 59.7. The van der Waals surface area contributed by atoms with Crippen molar-refractivity contribution in [3.8, 4) is 0 Å². The van der Waals surface area contributed by atoms with Crippen LogP contribution in [-0.2, 0) is 44.7 Å². The van der Waals surface area contributed by atoms with Crippen molar-refractivity contribution in [3.05, 3.63) is 59.7 Å². The highest BCUT2D eigenvalue weighted by Gasteiger charge is 2.44. The maximum Gasteiger partial charge on any atom is 0.326 e. The largest absolute Gasteiger partial charge is 0.480 e. The van der Waals surface area contributed by atoms with Crippen molar-refractivity contribution in [3.63, 3.8) is 0 Å². The summed E-state index contributed by atoms with van der Waals surface area (Å²) in [6, 6.07) is 11.5. The first-order chi connectivity index (χ1) is 34.1. The lowest BCUT2D eigenvalue weighted by Gasteiger charge is -2.41. The van der Waals surface area contributed by atoms with Crippen molar-refractivity contribution >= 4 is 74.6 Å². The number of likely N-dealkylation sites (N-methyl/N-ethyl adjacent to an activating group) is 2. The van der Waals surface area contributed by atoms with E-state index in [1.165, 1.54) is 19.1 Å². The SMILES string of the molecule is CC[C@H](C)[C@@H]([C@@H](CC(=O)N1CCC[C@H]1[C@H](OC)[C@@H](C)C(=O)N[C@@H](Cc1ccccc1)C(=O)O)OC)N(C)C(=O)[C@@H](NC(=O)C(C)(C)N(C)C(=O)CCCCCCC(=O)c1ccc2nc(SC)sc2c1)C(C)C. The minimum atomic E-state index is -1.30. The number of aromatic nitrogens is 1. The summed E-state index contributed by atoms with van der Waals surface area (Å²) in [6.45, 7) is 13.1. The van der Waals surface area contributed by atoms with Crippen LogP contribution in [0.3, 0.4) is 0 Å². The van der Waals surface area contributed by atoms with Crippen LogP contribution in [0.25, 0.3) is 10.2 Å². The molecule has 0 aliphatic carbocycles. The number of nitrogens with one attached hydrogen (secondary N) is 2. The number of hydrogen-bond donors (Lipinski definition) is 3. The number of carboxylic acid groups (broad SMARTS) is 1. The van der Waals surface area contributed by atoms with Crippen molar-refractivity contribution in [2.24, 2.45) is 17.8 Å². The van der Waals surface area contributed by atoms with Crippen molar-refractivity contribution in [1.82, 2.24) is 30.3 Å². The number of carbonyl (C=O) groups is 7. The molecule has 1 aliphatic heterocycles. The highest BCUT2D eigenvalue weighted by atomic mass is 32.2. The predicted octanol–water partition coefficient (Wildman–Crippen LogP) is 7.65. The number of unbranched alkanes of at least 4 members (excludes halogenated alkanes) is 3. The van der Waals surface area contributed by atoms with Gasteiger partial charge in [0.15, 0.2) is 10.1 Å². The fourth-order valence-electron chi connectivity index (χ4n) is 9.57. The van der Waals surface area contributed by atoms with Gasteiger partial charge in [0, 0.05) is 59.7 Å². The van der Waals surface area contributed by atoms with E-state index in [0.717, 1.165) is 33.0 Å². The molecule has 18 heteroatoms. The van der Waals surface area contributed by atoms with E-state index in [0.29, 0.717) is 50.6 Å². The number of carboxylic acids is 1. The molecular formula is C54H80N6O10S2. The molecule has 1 aliphatic rings. The second-order valence-corrected chi connectivity index (χ2v) is 22.2. The molecule has 3 aromatic rings. The fourth-order valence-corrected chi connectivity index (χ4v) is 11.1. The Morgan fingerprint density at radius 2 is 1.60 bits per heavy atom. The molecule has 4 rings (SSSR count). The van der Waals surface area contributed by atoms with Gasteiger partial charge in [0.1, 0.15) is 17.6 Å². The Bertz CT molecular complexity index is 2310. The number of amides is 5. The number of aliphatic carboxylic acids is 1. The summed E-state index contributed by atoms with van der Waals surface area (Å²) in [7, 11) is 6.25. The number of carbonyl (C=O) groups excluding carboxylic acids is 6. The Morgan fingerprint density at radius 3 is 2.19 bits per heavy atom. The summed E-state index contributed by atoms with van der Waals surface area (Å²) >= 11 is 3.16. The molecule has 0 bridgehead atoms. The summed E-state index contributed by atoms with van der Waals surface area (Å²) in [5, 5.41) is 15.6. The van der Waals surface area contributed by atoms with Crippen LogP contribution in [-0.4, -0.2) is 149 Å². The molecule has 16 nitrogen and oxygen atoms in total. The smallest absolute Gasteiger partial charge is 0.326 e. The average Bonchev–Trinajstić information content (AvgIpc) is 4.03. The van der Waals surface area contributed by atoms with E-state index in [4.69, 9.17) is 9.47 Å². The number of ketones is 1. The van der Waals surface area contributed by atoms with Crippen LogP contribution in [0.5, 0.6) is 0 Å². The molecule has 72 heavy (non-hydrogen) atoms. The van der Waals surface area contributed by atoms with Gasteiger partial charge in [-0.15, -0.1) is 11.3 Å². The van der Waals surface area contributed by atoms with Crippen LogP contribution < -0.4 is 10.6 Å². The van der Waals surface area contributed by atoms with Crippen molar-refractivity contribution in [1.29, 1.82) is 0 Å². The Morgan fingerprint density at radius 1 is 0.931 bits per heavy atom. The van der Waals surface area contributed by atoms with E-state index >= 15 is 0 Å². The molecule has 0 spiro atoms. The van der Waals surface area contributed by atoms with Crippen molar-refractivity contribution in [2.75, 3.05) is 41.1 Å². The summed E-state index contributed by atoms with van der Waals surface area (Å²) < 4.78 is 13.9. The molecular weight excluding hydrogens is 957 g/mol. The molecule has 0 saturated carbocycles.